The molecule has 34 heavy (non-hydrogen) atoms. The van der Waals surface area contributed by atoms with E-state index < -0.39 is 66.2 Å². The molecule has 0 spiro atoms. The van der Waals surface area contributed by atoms with Crippen LogP contribution in [0.25, 0.3) is 0 Å². The zero-order valence-electron chi connectivity index (χ0n) is 22.0. The highest BCUT2D eigenvalue weighted by Gasteiger charge is 2.51. The third-order valence-electron chi connectivity index (χ3n) is 6.57. The Kier molecular flexibility index (Phi) is 8.04. The van der Waals surface area contributed by atoms with Gasteiger partial charge in [0.1, 0.15) is 17.7 Å². The van der Waals surface area contributed by atoms with Crippen LogP contribution in [0.1, 0.15) is 61.3 Å². The Bertz CT molecular complexity index is 922. The number of carbonyl (C=O) groups excluding carboxylic acids is 3. The summed E-state index contributed by atoms with van der Waals surface area (Å²) in [4.78, 5) is 41.6. The number of rotatable bonds is 5. The second kappa shape index (κ2) is 9.51. The summed E-state index contributed by atoms with van der Waals surface area (Å²) in [7, 11) is -6.01. The highest BCUT2D eigenvalue weighted by Crippen LogP contribution is 2.39. The minimum atomic E-state index is -3.81. The summed E-state index contributed by atoms with van der Waals surface area (Å²) in [6.45, 7) is 17.4. The minimum absolute atomic E-state index is 0.0680. The number of nitrogens with zero attached hydrogens (tertiary/aromatic N) is 2. The van der Waals surface area contributed by atoms with Gasteiger partial charge in [-0.1, -0.05) is 20.8 Å². The van der Waals surface area contributed by atoms with Crippen LogP contribution in [0.5, 0.6) is 0 Å². The van der Waals surface area contributed by atoms with Crippen molar-refractivity contribution in [3.63, 3.8) is 0 Å². The van der Waals surface area contributed by atoms with Crippen molar-refractivity contribution in [2.24, 2.45) is 0 Å². The average molecular weight is 521 g/mol. The third kappa shape index (κ3) is 6.79. The lowest BCUT2D eigenvalue weighted by atomic mass is 10.1. The number of imide groups is 1. The van der Waals surface area contributed by atoms with Crippen LogP contribution in [0.4, 0.5) is 4.79 Å². The maximum absolute atomic E-state index is 13.6. The van der Waals surface area contributed by atoms with E-state index in [4.69, 9.17) is 13.3 Å². The first kappa shape index (κ1) is 28.7. The van der Waals surface area contributed by atoms with Crippen molar-refractivity contribution >= 4 is 36.3 Å². The zero-order chi connectivity index (χ0) is 26.4. The second-order valence-electron chi connectivity index (χ2n) is 11.8. The van der Waals surface area contributed by atoms with Crippen LogP contribution in [0.2, 0.25) is 18.1 Å². The van der Waals surface area contributed by atoms with Gasteiger partial charge in [0.05, 0.1) is 24.8 Å². The highest BCUT2D eigenvalue weighted by atomic mass is 32.2. The zero-order valence-corrected chi connectivity index (χ0v) is 23.8. The first-order chi connectivity index (χ1) is 15.1. The van der Waals surface area contributed by atoms with Gasteiger partial charge in [-0.05, 0) is 45.8 Å². The van der Waals surface area contributed by atoms with Gasteiger partial charge >= 0.3 is 6.09 Å². The van der Waals surface area contributed by atoms with Crippen molar-refractivity contribution < 1.29 is 36.1 Å². The van der Waals surface area contributed by atoms with E-state index in [-0.39, 0.29) is 24.4 Å². The van der Waals surface area contributed by atoms with Gasteiger partial charge in [-0.25, -0.2) is 4.79 Å². The van der Waals surface area contributed by atoms with E-state index in [1.165, 1.54) is 4.90 Å². The average Bonchev–Trinajstić information content (AvgIpc) is 3.11. The second-order valence-corrected chi connectivity index (χ2v) is 18.1. The molecule has 2 aliphatic rings. The van der Waals surface area contributed by atoms with E-state index >= 15 is 0 Å². The normalized spacial score (nSPS) is 26.8. The molecule has 196 valence electrons. The molecule has 2 rings (SSSR count). The Morgan fingerprint density at radius 1 is 1.09 bits per heavy atom. The fraction of sp³-hybridized carbons (Fsp3) is 0.864. The molecule has 10 nitrogen and oxygen atoms in total. The molecule has 0 aromatic carbocycles. The molecule has 4 atom stereocenters. The predicted molar refractivity (Wildman–Crippen MR) is 129 cm³/mol. The van der Waals surface area contributed by atoms with Crippen molar-refractivity contribution in [2.75, 3.05) is 12.8 Å². The van der Waals surface area contributed by atoms with Crippen molar-refractivity contribution in [1.29, 1.82) is 0 Å². The van der Waals surface area contributed by atoms with Crippen molar-refractivity contribution in [3.8, 4) is 0 Å². The molecule has 12 heteroatoms. The fourth-order valence-corrected chi connectivity index (χ4v) is 5.93. The summed E-state index contributed by atoms with van der Waals surface area (Å²) in [6.07, 6.45) is -1.13. The molecule has 0 radical (unpaired) electrons. The van der Waals surface area contributed by atoms with Crippen LogP contribution < -0.4 is 0 Å². The molecule has 2 aliphatic heterocycles. The van der Waals surface area contributed by atoms with Gasteiger partial charge in [-0.15, -0.1) is 0 Å². The summed E-state index contributed by atoms with van der Waals surface area (Å²) in [5.74, 6) is -1.12. The van der Waals surface area contributed by atoms with Gasteiger partial charge in [0, 0.05) is 13.0 Å². The molecule has 0 aromatic rings. The van der Waals surface area contributed by atoms with Gasteiger partial charge in [0.2, 0.25) is 5.91 Å². The van der Waals surface area contributed by atoms with E-state index in [9.17, 15) is 22.8 Å². The van der Waals surface area contributed by atoms with Crippen LogP contribution in [-0.2, 0) is 33.1 Å². The quantitative estimate of drug-likeness (QED) is 0.308. The van der Waals surface area contributed by atoms with Crippen molar-refractivity contribution in [2.45, 2.75) is 109 Å². The molecule has 0 bridgehead atoms. The first-order valence-electron chi connectivity index (χ1n) is 11.5. The Labute approximate surface area is 204 Å². The lowest BCUT2D eigenvalue weighted by Gasteiger charge is -2.38. The maximum Gasteiger partial charge on any atom is 0.411 e. The number of hydrogen-bond acceptors (Lipinski definition) is 8. The van der Waals surface area contributed by atoms with Crippen molar-refractivity contribution in [1.82, 2.24) is 9.80 Å². The molecule has 0 saturated carbocycles. The van der Waals surface area contributed by atoms with Gasteiger partial charge in [-0.2, -0.15) is 8.42 Å². The Balaban J connectivity index is 2.31. The lowest BCUT2D eigenvalue weighted by molar-refractivity contribution is -0.146. The summed E-state index contributed by atoms with van der Waals surface area (Å²) >= 11 is 0. The van der Waals surface area contributed by atoms with Crippen LogP contribution in [0.3, 0.4) is 0 Å². The number of amides is 3. The molecule has 3 amide bonds. The predicted octanol–water partition coefficient (Wildman–Crippen LogP) is 2.88. The SMILES string of the molecule is C[C@H]1C(OS(C)(=O)=O)CC(=O)N1C(=O)[C@@H]1C[C@H](O[Si](C)(C)C(C)(C)C)CN1C(=O)OC(C)(C)C. The molecular weight excluding hydrogens is 480 g/mol. The van der Waals surface area contributed by atoms with Gasteiger partial charge < -0.3 is 9.16 Å². The Hall–Kier alpha value is -1.50. The largest absolute Gasteiger partial charge is 0.444 e. The van der Waals surface area contributed by atoms with E-state index in [2.05, 4.69) is 33.9 Å². The molecule has 2 fully saturated rings. The number of likely N-dealkylation sites (tertiary alicyclic amines) is 2. The van der Waals surface area contributed by atoms with Crippen LogP contribution >= 0.6 is 0 Å². The highest BCUT2D eigenvalue weighted by molar-refractivity contribution is 7.86. The van der Waals surface area contributed by atoms with Crippen LogP contribution in [0, 0.1) is 0 Å². The molecule has 0 aliphatic carbocycles. The fourth-order valence-electron chi connectivity index (χ4n) is 3.89. The van der Waals surface area contributed by atoms with Gasteiger partial charge in [0.25, 0.3) is 16.0 Å². The van der Waals surface area contributed by atoms with Crippen LogP contribution in [-0.4, -0.2) is 87.1 Å². The smallest absolute Gasteiger partial charge is 0.411 e. The number of hydrogen-bond donors (Lipinski definition) is 0. The molecule has 1 unspecified atom stereocenters. The molecule has 0 aromatic heterocycles. The van der Waals surface area contributed by atoms with Gasteiger partial charge in [0.15, 0.2) is 8.32 Å². The standard InChI is InChI=1S/C22H40N2O8SSi/c1-14-17(31-33(8,28)29)12-18(25)24(14)19(26)16-11-15(32-34(9,10)22(5,6)7)13-23(16)20(27)30-21(2,3)4/h14-17H,11-13H2,1-10H3/t14-,15-,16-,17?/m0/s1. The summed E-state index contributed by atoms with van der Waals surface area (Å²) in [5.41, 5.74) is -0.770. The Morgan fingerprint density at radius 2 is 1.65 bits per heavy atom. The van der Waals surface area contributed by atoms with Crippen molar-refractivity contribution in [3.05, 3.63) is 0 Å². The van der Waals surface area contributed by atoms with E-state index in [1.807, 2.05) is 0 Å². The summed E-state index contributed by atoms with van der Waals surface area (Å²) < 4.78 is 40.2. The summed E-state index contributed by atoms with van der Waals surface area (Å²) in [5, 5.41) is -0.0680. The molecular formula is C22H40N2O8SSi. The number of carbonyl (C=O) groups is 3. The topological polar surface area (TPSA) is 120 Å². The first-order valence-corrected chi connectivity index (χ1v) is 16.3. The third-order valence-corrected chi connectivity index (χ3v) is 11.7. The molecule has 2 heterocycles. The monoisotopic (exact) mass is 520 g/mol. The van der Waals surface area contributed by atoms with E-state index in [0.717, 1.165) is 11.2 Å². The molecule has 2 saturated heterocycles. The Morgan fingerprint density at radius 3 is 2.12 bits per heavy atom. The minimum Gasteiger partial charge on any atom is -0.444 e. The number of ether oxygens (including phenoxy) is 1. The molecule has 0 N–H and O–H groups in total. The van der Waals surface area contributed by atoms with Crippen LogP contribution in [0.15, 0.2) is 0 Å². The lowest BCUT2D eigenvalue weighted by Crippen LogP contribution is -2.52. The summed E-state index contributed by atoms with van der Waals surface area (Å²) in [6, 6.07) is -1.76. The maximum atomic E-state index is 13.6. The van der Waals surface area contributed by atoms with E-state index in [0.29, 0.717) is 0 Å². The van der Waals surface area contributed by atoms with Gasteiger partial charge in [-0.3, -0.25) is 23.6 Å². The van der Waals surface area contributed by atoms with E-state index in [1.54, 1.807) is 27.7 Å².